The van der Waals surface area contributed by atoms with Crippen LogP contribution in [0.5, 0.6) is 5.75 Å². The maximum absolute atomic E-state index is 12.7. The molecule has 0 unspecified atom stereocenters. The lowest BCUT2D eigenvalue weighted by Crippen LogP contribution is -2.52. The molecule has 14 heteroatoms. The van der Waals surface area contributed by atoms with E-state index in [-0.39, 0.29) is 17.3 Å². The summed E-state index contributed by atoms with van der Waals surface area (Å²) in [6.07, 6.45) is 5.42. The molecule has 246 valence electrons. The van der Waals surface area contributed by atoms with Gasteiger partial charge in [-0.3, -0.25) is 9.21 Å². The number of methoxy groups -OCH3 is 2. The van der Waals surface area contributed by atoms with Gasteiger partial charge in [-0.25, -0.2) is 18.2 Å². The van der Waals surface area contributed by atoms with Crippen LogP contribution in [-0.4, -0.2) is 114 Å². The Kier molecular flexibility index (Phi) is 9.20. The Hall–Kier alpha value is -4.14. The number of carbonyl (C=O) groups excluding carboxylic acids is 1. The van der Waals surface area contributed by atoms with Gasteiger partial charge in [-0.1, -0.05) is 12.1 Å². The van der Waals surface area contributed by atoms with Crippen molar-refractivity contribution in [3.63, 3.8) is 0 Å². The van der Waals surface area contributed by atoms with Gasteiger partial charge < -0.3 is 29.9 Å². The molecule has 0 saturated carbocycles. The minimum absolute atomic E-state index is 0.108. The molecule has 3 aliphatic rings. The lowest BCUT2D eigenvalue weighted by molar-refractivity contribution is 0.0601. The number of rotatable bonds is 9. The predicted molar refractivity (Wildman–Crippen MR) is 180 cm³/mol. The summed E-state index contributed by atoms with van der Waals surface area (Å²) in [7, 11) is 1.60. The summed E-state index contributed by atoms with van der Waals surface area (Å²) >= 11 is 0. The lowest BCUT2D eigenvalue weighted by atomic mass is 10.0. The second kappa shape index (κ2) is 13.3. The number of nitrogens with zero attached hydrogens (tertiary/aromatic N) is 6. The van der Waals surface area contributed by atoms with Crippen molar-refractivity contribution in [3.8, 4) is 5.75 Å². The van der Waals surface area contributed by atoms with Crippen LogP contribution in [0.2, 0.25) is 0 Å². The normalized spacial score (nSPS) is 17.9. The number of piperazine rings is 1. The van der Waals surface area contributed by atoms with Crippen molar-refractivity contribution in [2.45, 2.75) is 25.3 Å². The molecular weight excluding hydrogens is 608 g/mol. The monoisotopic (exact) mass is 650 g/mol. The van der Waals surface area contributed by atoms with Crippen LogP contribution >= 0.6 is 0 Å². The molecule has 0 atom stereocenters. The Morgan fingerprint density at radius 1 is 0.957 bits per heavy atom. The van der Waals surface area contributed by atoms with Gasteiger partial charge in [-0.15, -0.1) is 0 Å². The van der Waals surface area contributed by atoms with Crippen molar-refractivity contribution in [1.82, 2.24) is 19.8 Å². The van der Waals surface area contributed by atoms with E-state index in [1.54, 1.807) is 13.2 Å². The summed E-state index contributed by atoms with van der Waals surface area (Å²) in [5, 5.41) is 6.41. The van der Waals surface area contributed by atoms with Gasteiger partial charge in [-0.05, 0) is 50.1 Å². The number of sulfonamides is 1. The van der Waals surface area contributed by atoms with Crippen molar-refractivity contribution in [2.75, 3.05) is 93.2 Å². The van der Waals surface area contributed by atoms with E-state index in [1.807, 2.05) is 24.3 Å². The Morgan fingerprint density at radius 3 is 2.41 bits per heavy atom. The van der Waals surface area contributed by atoms with Crippen LogP contribution in [0.4, 0.5) is 34.5 Å². The van der Waals surface area contributed by atoms with Crippen LogP contribution in [-0.2, 0) is 21.2 Å². The number of benzene rings is 2. The average Bonchev–Trinajstić information content (AvgIpc) is 3.52. The fraction of sp³-hybridized carbons (Fsp3) is 0.469. The van der Waals surface area contributed by atoms with E-state index >= 15 is 0 Å². The van der Waals surface area contributed by atoms with Gasteiger partial charge in [0.25, 0.3) is 0 Å². The number of ether oxygens (including phenoxy) is 2. The van der Waals surface area contributed by atoms with Gasteiger partial charge in [0.1, 0.15) is 11.3 Å². The number of piperidine rings is 1. The van der Waals surface area contributed by atoms with E-state index in [2.05, 4.69) is 48.4 Å². The maximum Gasteiger partial charge on any atom is 0.343 e. The fourth-order valence-electron chi connectivity index (χ4n) is 6.55. The second-order valence-corrected chi connectivity index (χ2v) is 13.9. The molecule has 0 radical (unpaired) electrons. The van der Waals surface area contributed by atoms with Crippen molar-refractivity contribution in [3.05, 3.63) is 53.7 Å². The van der Waals surface area contributed by atoms with Crippen LogP contribution in [0.1, 0.15) is 28.8 Å². The van der Waals surface area contributed by atoms with Crippen molar-refractivity contribution in [2.24, 2.45) is 0 Å². The van der Waals surface area contributed by atoms with E-state index in [0.717, 1.165) is 63.4 Å². The molecule has 13 nitrogen and oxygen atoms in total. The molecule has 0 spiro atoms. The molecule has 2 fully saturated rings. The third-order valence-corrected chi connectivity index (χ3v) is 10.3. The number of nitrogens with one attached hydrogen (secondary N) is 2. The number of esters is 1. The average molecular weight is 651 g/mol. The molecule has 0 aliphatic carbocycles. The van der Waals surface area contributed by atoms with E-state index in [0.29, 0.717) is 41.8 Å². The first kappa shape index (κ1) is 31.8. The number of carbonyl (C=O) groups is 1. The van der Waals surface area contributed by atoms with Gasteiger partial charge in [0.2, 0.25) is 16.0 Å². The van der Waals surface area contributed by atoms with Crippen molar-refractivity contribution < 1.29 is 22.7 Å². The largest absolute Gasteiger partial charge is 0.494 e. The SMILES string of the molecule is COC(=O)c1cnc(Nc2ccc(N3CCC(N4CCN(C)CC4)CC3)cc2OC)nc1Nc1cccc2c1N(S(C)(=O)=O)CC2. The number of aromatic nitrogens is 2. The molecule has 1 aromatic heterocycles. The summed E-state index contributed by atoms with van der Waals surface area (Å²) in [6.45, 7) is 6.87. The van der Waals surface area contributed by atoms with Crippen LogP contribution < -0.4 is 24.6 Å². The Balaban J connectivity index is 1.21. The first-order chi connectivity index (χ1) is 22.1. The highest BCUT2D eigenvalue weighted by atomic mass is 32.2. The van der Waals surface area contributed by atoms with Gasteiger partial charge in [-0.2, -0.15) is 4.98 Å². The molecule has 2 saturated heterocycles. The highest BCUT2D eigenvalue weighted by molar-refractivity contribution is 7.92. The van der Waals surface area contributed by atoms with E-state index in [1.165, 1.54) is 23.9 Å². The van der Waals surface area contributed by atoms with E-state index in [9.17, 15) is 13.2 Å². The number of likely N-dealkylation sites (N-methyl/N-ethyl adjacent to an activating group) is 1. The summed E-state index contributed by atoms with van der Waals surface area (Å²) in [4.78, 5) is 29.1. The molecular formula is C32H42N8O5S. The predicted octanol–water partition coefficient (Wildman–Crippen LogP) is 3.30. The molecule has 46 heavy (non-hydrogen) atoms. The van der Waals surface area contributed by atoms with Gasteiger partial charge >= 0.3 is 5.97 Å². The molecule has 3 aromatic rings. The Labute approximate surface area is 270 Å². The van der Waals surface area contributed by atoms with Crippen molar-refractivity contribution >= 4 is 50.5 Å². The smallest absolute Gasteiger partial charge is 0.343 e. The maximum atomic E-state index is 12.7. The minimum atomic E-state index is -3.50. The molecule has 2 aromatic carbocycles. The number of anilines is 6. The summed E-state index contributed by atoms with van der Waals surface area (Å²) in [5.41, 5.74) is 3.80. The topological polar surface area (TPSA) is 132 Å². The molecule has 2 N–H and O–H groups in total. The first-order valence-corrected chi connectivity index (χ1v) is 17.4. The Morgan fingerprint density at radius 2 is 1.72 bits per heavy atom. The molecule has 6 rings (SSSR count). The summed E-state index contributed by atoms with van der Waals surface area (Å²) in [5.74, 6) is 0.414. The molecule has 0 amide bonds. The molecule has 3 aliphatic heterocycles. The van der Waals surface area contributed by atoms with Crippen LogP contribution in [0.3, 0.4) is 0 Å². The van der Waals surface area contributed by atoms with Gasteiger partial charge in [0, 0.05) is 69.8 Å². The Bertz CT molecular complexity index is 1690. The van der Waals surface area contributed by atoms with E-state index < -0.39 is 16.0 Å². The molecule has 0 bridgehead atoms. The fourth-order valence-corrected chi connectivity index (χ4v) is 7.52. The van der Waals surface area contributed by atoms with E-state index in [4.69, 9.17) is 9.47 Å². The number of hydrogen-bond donors (Lipinski definition) is 2. The van der Waals surface area contributed by atoms with Gasteiger partial charge in [0.05, 0.1) is 37.5 Å². The number of hydrogen-bond acceptors (Lipinski definition) is 12. The standard InChI is InChI=1S/C32H42N8O5S/c1-37-16-18-39(19-17-37)23-11-13-38(14-12-23)24-8-9-26(28(20-24)44-2)35-32-33-21-25(31(41)45-3)30(36-32)34-27-7-5-6-22-10-15-40(29(22)27)46(4,42)43/h5-9,20-21,23H,10-19H2,1-4H3,(H2,33,34,35,36). The van der Waals surface area contributed by atoms with Gasteiger partial charge in [0.15, 0.2) is 5.82 Å². The first-order valence-electron chi connectivity index (χ1n) is 15.6. The van der Waals surface area contributed by atoms with Crippen LogP contribution in [0.25, 0.3) is 0 Å². The zero-order chi connectivity index (χ0) is 32.4. The highest BCUT2D eigenvalue weighted by Crippen LogP contribution is 2.39. The van der Waals surface area contributed by atoms with Crippen LogP contribution in [0.15, 0.2) is 42.6 Å². The third kappa shape index (κ3) is 6.69. The summed E-state index contributed by atoms with van der Waals surface area (Å²) < 4.78 is 37.2. The van der Waals surface area contributed by atoms with Crippen molar-refractivity contribution in [1.29, 1.82) is 0 Å². The zero-order valence-corrected chi connectivity index (χ0v) is 27.6. The number of para-hydroxylation sites is 1. The zero-order valence-electron chi connectivity index (χ0n) is 26.8. The van der Waals surface area contributed by atoms with Crippen LogP contribution in [0, 0.1) is 0 Å². The third-order valence-electron chi connectivity index (χ3n) is 9.12. The lowest BCUT2D eigenvalue weighted by Gasteiger charge is -2.42. The minimum Gasteiger partial charge on any atom is -0.494 e. The molecule has 4 heterocycles. The summed E-state index contributed by atoms with van der Waals surface area (Å²) in [6, 6.07) is 12.2. The highest BCUT2D eigenvalue weighted by Gasteiger charge is 2.30. The number of fused-ring (bicyclic) bond motifs is 1. The second-order valence-electron chi connectivity index (χ2n) is 12.0. The quantitative estimate of drug-likeness (QED) is 0.330.